The summed E-state index contributed by atoms with van der Waals surface area (Å²) in [5.41, 5.74) is 2.11. The number of hydrogen-bond donors (Lipinski definition) is 1. The lowest BCUT2D eigenvalue weighted by atomic mass is 10.1. The fraction of sp³-hybridized carbons (Fsp3) is 0.133. The molecular formula is C15H12Cl2N2O3. The van der Waals surface area contributed by atoms with Crippen LogP contribution in [-0.2, 0) is 0 Å². The van der Waals surface area contributed by atoms with E-state index in [1.165, 1.54) is 24.3 Å². The van der Waals surface area contributed by atoms with Crippen molar-refractivity contribution < 1.29 is 9.72 Å². The summed E-state index contributed by atoms with van der Waals surface area (Å²) < 4.78 is 0. The largest absolute Gasteiger partial charge is 0.321 e. The molecule has 0 aliphatic heterocycles. The Hall–Kier alpha value is -2.11. The molecule has 0 fully saturated rings. The predicted molar refractivity (Wildman–Crippen MR) is 87.0 cm³/mol. The molecule has 114 valence electrons. The van der Waals surface area contributed by atoms with Crippen LogP contribution in [0.4, 0.5) is 11.4 Å². The fourth-order valence-corrected chi connectivity index (χ4v) is 2.36. The topological polar surface area (TPSA) is 72.2 Å². The van der Waals surface area contributed by atoms with Crippen LogP contribution in [0.3, 0.4) is 0 Å². The van der Waals surface area contributed by atoms with E-state index in [9.17, 15) is 14.9 Å². The highest BCUT2D eigenvalue weighted by Crippen LogP contribution is 2.27. The molecule has 0 saturated heterocycles. The van der Waals surface area contributed by atoms with Gasteiger partial charge in [-0.3, -0.25) is 14.9 Å². The molecule has 0 bridgehead atoms. The summed E-state index contributed by atoms with van der Waals surface area (Å²) in [6.07, 6.45) is 0. The van der Waals surface area contributed by atoms with Crippen LogP contribution >= 0.6 is 23.2 Å². The van der Waals surface area contributed by atoms with Crippen LogP contribution in [-0.4, -0.2) is 10.8 Å². The number of halogens is 2. The Morgan fingerprint density at radius 1 is 1.09 bits per heavy atom. The molecule has 0 aromatic heterocycles. The van der Waals surface area contributed by atoms with Crippen molar-refractivity contribution in [2.75, 3.05) is 5.32 Å². The van der Waals surface area contributed by atoms with Gasteiger partial charge in [-0.15, -0.1) is 0 Å². The Bertz CT molecular complexity index is 752. The van der Waals surface area contributed by atoms with E-state index in [0.29, 0.717) is 27.4 Å². The van der Waals surface area contributed by atoms with E-state index in [4.69, 9.17) is 23.2 Å². The molecule has 1 amide bonds. The summed E-state index contributed by atoms with van der Waals surface area (Å²) in [5.74, 6) is -0.362. The molecule has 5 nitrogen and oxygen atoms in total. The number of hydrogen-bond acceptors (Lipinski definition) is 3. The molecule has 22 heavy (non-hydrogen) atoms. The normalized spacial score (nSPS) is 10.4. The van der Waals surface area contributed by atoms with Crippen LogP contribution in [0.25, 0.3) is 0 Å². The van der Waals surface area contributed by atoms with Gasteiger partial charge in [0.15, 0.2) is 0 Å². The van der Waals surface area contributed by atoms with Crippen molar-refractivity contribution in [3.05, 3.63) is 67.2 Å². The van der Waals surface area contributed by atoms with E-state index in [1.807, 2.05) is 0 Å². The predicted octanol–water partition coefficient (Wildman–Crippen LogP) is 4.77. The third kappa shape index (κ3) is 3.37. The number of nitrogens with zero attached hydrogens (tertiary/aromatic N) is 1. The summed E-state index contributed by atoms with van der Waals surface area (Å²) in [4.78, 5) is 22.6. The second kappa shape index (κ2) is 6.34. The molecule has 0 unspecified atom stereocenters. The van der Waals surface area contributed by atoms with Gasteiger partial charge in [0.25, 0.3) is 11.6 Å². The molecule has 7 heteroatoms. The van der Waals surface area contributed by atoms with Crippen molar-refractivity contribution in [2.24, 2.45) is 0 Å². The Balaban J connectivity index is 2.32. The smallest absolute Gasteiger partial charge is 0.270 e. The van der Waals surface area contributed by atoms with Gasteiger partial charge in [-0.2, -0.15) is 0 Å². The Kier molecular flexibility index (Phi) is 4.68. The Morgan fingerprint density at radius 2 is 1.68 bits per heavy atom. The molecule has 0 spiro atoms. The minimum atomic E-state index is -0.468. The summed E-state index contributed by atoms with van der Waals surface area (Å²) in [6.45, 7) is 3.40. The number of nitrogens with one attached hydrogen (secondary N) is 1. The molecule has 0 aliphatic carbocycles. The molecule has 1 N–H and O–H groups in total. The van der Waals surface area contributed by atoms with Crippen LogP contribution in [0.1, 0.15) is 21.5 Å². The van der Waals surface area contributed by atoms with Crippen molar-refractivity contribution >= 4 is 40.5 Å². The maximum absolute atomic E-state index is 12.3. The number of rotatable bonds is 3. The molecule has 2 aromatic rings. The van der Waals surface area contributed by atoms with Gasteiger partial charge >= 0.3 is 0 Å². The van der Waals surface area contributed by atoms with E-state index < -0.39 is 4.92 Å². The van der Waals surface area contributed by atoms with Crippen LogP contribution < -0.4 is 5.32 Å². The van der Waals surface area contributed by atoms with E-state index in [0.717, 1.165) is 0 Å². The molecule has 0 atom stereocenters. The van der Waals surface area contributed by atoms with Crippen molar-refractivity contribution in [3.63, 3.8) is 0 Å². The number of carbonyl (C=O) groups excluding carboxylic acids is 1. The first-order chi connectivity index (χ1) is 10.3. The van der Waals surface area contributed by atoms with E-state index >= 15 is 0 Å². The summed E-state index contributed by atoms with van der Waals surface area (Å²) in [7, 11) is 0. The minimum Gasteiger partial charge on any atom is -0.321 e. The number of nitro benzene ring substituents is 1. The number of carbonyl (C=O) groups is 1. The van der Waals surface area contributed by atoms with Gasteiger partial charge in [0.2, 0.25) is 0 Å². The summed E-state index contributed by atoms with van der Waals surface area (Å²) >= 11 is 11.7. The Morgan fingerprint density at radius 3 is 2.18 bits per heavy atom. The Labute approximate surface area is 137 Å². The van der Waals surface area contributed by atoms with Crippen molar-refractivity contribution in [2.45, 2.75) is 13.8 Å². The van der Waals surface area contributed by atoms with E-state index in [1.54, 1.807) is 19.9 Å². The lowest BCUT2D eigenvalue weighted by molar-refractivity contribution is -0.384. The van der Waals surface area contributed by atoms with E-state index in [-0.39, 0.29) is 16.6 Å². The average molecular weight is 339 g/mol. The van der Waals surface area contributed by atoms with Crippen LogP contribution in [0, 0.1) is 24.0 Å². The molecule has 0 radical (unpaired) electrons. The van der Waals surface area contributed by atoms with Gasteiger partial charge < -0.3 is 5.32 Å². The standard InChI is InChI=1S/C15H12Cl2N2O3/c1-8-5-11(19(21)22)6-9(2)14(8)18-15(20)10-3-4-12(16)13(17)7-10/h3-7H,1-2H3,(H,18,20). The number of aryl methyl sites for hydroxylation is 2. The van der Waals surface area contributed by atoms with Gasteiger partial charge in [0.05, 0.1) is 15.0 Å². The first-order valence-corrected chi connectivity index (χ1v) is 7.07. The average Bonchev–Trinajstić information content (AvgIpc) is 2.45. The fourth-order valence-electron chi connectivity index (χ4n) is 2.07. The second-order valence-corrected chi connectivity index (χ2v) is 5.61. The van der Waals surface area contributed by atoms with Crippen LogP contribution in [0.2, 0.25) is 10.0 Å². The summed E-state index contributed by atoms with van der Waals surface area (Å²) in [6, 6.07) is 7.39. The van der Waals surface area contributed by atoms with Crippen LogP contribution in [0.15, 0.2) is 30.3 Å². The van der Waals surface area contributed by atoms with Gasteiger partial charge in [-0.1, -0.05) is 23.2 Å². The quantitative estimate of drug-likeness (QED) is 0.647. The second-order valence-electron chi connectivity index (χ2n) is 4.79. The molecule has 2 rings (SSSR count). The highest BCUT2D eigenvalue weighted by molar-refractivity contribution is 6.42. The third-order valence-electron chi connectivity index (χ3n) is 3.15. The number of anilines is 1. The van der Waals surface area contributed by atoms with Crippen molar-refractivity contribution in [1.29, 1.82) is 0 Å². The number of nitro groups is 1. The van der Waals surface area contributed by atoms with Gasteiger partial charge in [0.1, 0.15) is 0 Å². The zero-order valence-corrected chi connectivity index (χ0v) is 13.3. The first kappa shape index (κ1) is 16.3. The molecule has 2 aromatic carbocycles. The number of benzene rings is 2. The van der Waals surface area contributed by atoms with Gasteiger partial charge in [-0.05, 0) is 43.2 Å². The monoisotopic (exact) mass is 338 g/mol. The van der Waals surface area contributed by atoms with Crippen molar-refractivity contribution in [1.82, 2.24) is 0 Å². The highest BCUT2D eigenvalue weighted by Gasteiger charge is 2.15. The zero-order chi connectivity index (χ0) is 16.4. The number of non-ortho nitro benzene ring substituents is 1. The zero-order valence-electron chi connectivity index (χ0n) is 11.8. The van der Waals surface area contributed by atoms with Crippen molar-refractivity contribution in [3.8, 4) is 0 Å². The molecule has 0 heterocycles. The maximum Gasteiger partial charge on any atom is 0.270 e. The minimum absolute atomic E-state index is 0.0115. The van der Waals surface area contributed by atoms with Gasteiger partial charge in [-0.25, -0.2) is 0 Å². The SMILES string of the molecule is Cc1cc([N+](=O)[O-])cc(C)c1NC(=O)c1ccc(Cl)c(Cl)c1. The van der Waals surface area contributed by atoms with Crippen LogP contribution in [0.5, 0.6) is 0 Å². The third-order valence-corrected chi connectivity index (χ3v) is 3.89. The highest BCUT2D eigenvalue weighted by atomic mass is 35.5. The molecular weight excluding hydrogens is 327 g/mol. The maximum atomic E-state index is 12.3. The van der Waals surface area contributed by atoms with E-state index in [2.05, 4.69) is 5.32 Å². The number of amides is 1. The lowest BCUT2D eigenvalue weighted by Gasteiger charge is -2.12. The summed E-state index contributed by atoms with van der Waals surface area (Å²) in [5, 5.41) is 14.2. The molecule has 0 saturated carbocycles. The lowest BCUT2D eigenvalue weighted by Crippen LogP contribution is -2.14. The first-order valence-electron chi connectivity index (χ1n) is 6.31. The van der Waals surface area contributed by atoms with Gasteiger partial charge in [0, 0.05) is 23.4 Å². The molecule has 0 aliphatic rings.